The summed E-state index contributed by atoms with van der Waals surface area (Å²) in [5.41, 5.74) is -1.24. The Morgan fingerprint density at radius 3 is 2.44 bits per heavy atom. The number of aromatic nitrogens is 2. The van der Waals surface area contributed by atoms with E-state index < -0.39 is 65.2 Å². The Balaban J connectivity index is 1.58. The number of halogens is 2. The molecule has 2 amide bonds. The van der Waals surface area contributed by atoms with Crippen molar-refractivity contribution in [2.75, 3.05) is 6.54 Å². The van der Waals surface area contributed by atoms with Gasteiger partial charge in [0.25, 0.3) is 5.92 Å². The van der Waals surface area contributed by atoms with Crippen molar-refractivity contribution >= 4 is 28.8 Å². The molecule has 3 aliphatic rings. The van der Waals surface area contributed by atoms with Gasteiger partial charge in [0, 0.05) is 18.3 Å². The van der Waals surface area contributed by atoms with Crippen LogP contribution in [0.4, 0.5) is 13.6 Å². The normalized spacial score (nSPS) is 31.5. The molecule has 1 aliphatic carbocycles. The lowest BCUT2D eigenvalue weighted by Gasteiger charge is -2.35. The molecule has 0 unspecified atom stereocenters. The van der Waals surface area contributed by atoms with Gasteiger partial charge in [-0.25, -0.2) is 14.8 Å². The fraction of sp³-hybridized carbons (Fsp3) is 0.656. The number of amides is 2. The molecule has 0 spiro atoms. The second kappa shape index (κ2) is 11.3. The van der Waals surface area contributed by atoms with Crippen molar-refractivity contribution in [3.8, 4) is 5.88 Å². The number of fused-ring (bicyclic) bond motifs is 5. The zero-order chi connectivity index (χ0) is 31.3. The lowest BCUT2D eigenvalue weighted by Crippen LogP contribution is -2.57. The van der Waals surface area contributed by atoms with Crippen molar-refractivity contribution in [3.63, 3.8) is 0 Å². The molecule has 5 rings (SSSR count). The number of carbonyl (C=O) groups excluding carboxylic acids is 3. The van der Waals surface area contributed by atoms with Crippen molar-refractivity contribution in [2.24, 2.45) is 17.3 Å². The zero-order valence-electron chi connectivity index (χ0n) is 25.8. The maximum atomic E-state index is 15.9. The molecular weight excluding hydrogens is 558 g/mol. The molecule has 2 bridgehead atoms. The molecule has 234 valence electrons. The van der Waals surface area contributed by atoms with E-state index in [-0.39, 0.29) is 30.5 Å². The van der Waals surface area contributed by atoms with Gasteiger partial charge in [0.2, 0.25) is 11.8 Å². The smallest absolute Gasteiger partial charge is 0.408 e. The topological polar surface area (TPSA) is 111 Å². The van der Waals surface area contributed by atoms with Crippen molar-refractivity contribution < 1.29 is 32.6 Å². The van der Waals surface area contributed by atoms with Gasteiger partial charge < -0.3 is 19.7 Å². The number of rotatable bonds is 2. The third-order valence-electron chi connectivity index (χ3n) is 9.26. The van der Waals surface area contributed by atoms with Gasteiger partial charge in [-0.3, -0.25) is 9.59 Å². The molecule has 1 aromatic heterocycles. The zero-order valence-corrected chi connectivity index (χ0v) is 25.8. The van der Waals surface area contributed by atoms with E-state index >= 15 is 8.78 Å². The number of nitrogens with zero attached hydrogens (tertiary/aromatic N) is 3. The number of para-hydroxylation sites is 2. The number of hydrogen-bond donors (Lipinski definition) is 1. The Bertz CT molecular complexity index is 1410. The highest BCUT2D eigenvalue weighted by atomic mass is 19.3. The van der Waals surface area contributed by atoms with Crippen LogP contribution in [-0.2, 0) is 20.2 Å². The summed E-state index contributed by atoms with van der Waals surface area (Å²) in [6.45, 7) is 10.5. The van der Waals surface area contributed by atoms with Crippen LogP contribution in [0.3, 0.4) is 0 Å². The molecule has 6 atom stereocenters. The van der Waals surface area contributed by atoms with Crippen molar-refractivity contribution in [1.82, 2.24) is 20.2 Å². The maximum absolute atomic E-state index is 15.9. The summed E-state index contributed by atoms with van der Waals surface area (Å²) >= 11 is 0. The van der Waals surface area contributed by atoms with E-state index in [1.165, 1.54) is 11.8 Å². The summed E-state index contributed by atoms with van der Waals surface area (Å²) in [7, 11) is 0. The number of alkyl halides is 2. The van der Waals surface area contributed by atoms with Gasteiger partial charge in [0.15, 0.2) is 11.5 Å². The Labute approximate surface area is 251 Å². The quantitative estimate of drug-likeness (QED) is 0.465. The third kappa shape index (κ3) is 6.17. The largest absolute Gasteiger partial charge is 0.471 e. The van der Waals surface area contributed by atoms with Crippen LogP contribution in [0.2, 0.25) is 0 Å². The first-order chi connectivity index (χ1) is 20.1. The van der Waals surface area contributed by atoms with E-state index in [0.717, 1.165) is 0 Å². The number of benzene rings is 1. The number of Topliss-reactive ketones (excluding diaryl/α,β-unsaturated/α-hetero) is 1. The van der Waals surface area contributed by atoms with E-state index in [9.17, 15) is 14.4 Å². The van der Waals surface area contributed by atoms with Gasteiger partial charge in [0.1, 0.15) is 17.7 Å². The number of hydrogen-bond acceptors (Lipinski definition) is 7. The number of ketones is 1. The van der Waals surface area contributed by atoms with E-state index in [4.69, 9.17) is 9.47 Å². The van der Waals surface area contributed by atoms with Gasteiger partial charge in [-0.2, -0.15) is 8.78 Å². The molecule has 1 saturated heterocycles. The second-order valence-corrected chi connectivity index (χ2v) is 13.6. The van der Waals surface area contributed by atoms with Crippen LogP contribution >= 0.6 is 0 Å². The molecule has 1 saturated carbocycles. The first-order valence-corrected chi connectivity index (χ1v) is 15.3. The molecule has 2 fully saturated rings. The lowest BCUT2D eigenvalue weighted by atomic mass is 9.85. The minimum Gasteiger partial charge on any atom is -0.471 e. The predicted molar refractivity (Wildman–Crippen MR) is 156 cm³/mol. The van der Waals surface area contributed by atoms with Crippen molar-refractivity contribution in [2.45, 2.75) is 110 Å². The Kier molecular flexibility index (Phi) is 8.15. The van der Waals surface area contributed by atoms with Gasteiger partial charge in [-0.15, -0.1) is 0 Å². The summed E-state index contributed by atoms with van der Waals surface area (Å²) in [5, 5.41) is 2.79. The Hall–Kier alpha value is -3.37. The predicted octanol–water partition coefficient (Wildman–Crippen LogP) is 5.79. The van der Waals surface area contributed by atoms with Crippen molar-refractivity contribution in [1.29, 1.82) is 0 Å². The van der Waals surface area contributed by atoms with E-state index in [1.54, 1.807) is 24.3 Å². The Morgan fingerprint density at radius 1 is 1.14 bits per heavy atom. The highest BCUT2D eigenvalue weighted by Gasteiger charge is 2.55. The van der Waals surface area contributed by atoms with E-state index in [2.05, 4.69) is 15.3 Å². The van der Waals surface area contributed by atoms with Gasteiger partial charge in [-0.1, -0.05) is 46.2 Å². The van der Waals surface area contributed by atoms with E-state index in [1.807, 2.05) is 34.6 Å². The number of nitrogens with one attached hydrogen (secondary N) is 1. The molecule has 1 N–H and O–H groups in total. The van der Waals surface area contributed by atoms with Crippen molar-refractivity contribution in [3.05, 3.63) is 30.0 Å². The molecule has 0 radical (unpaired) electrons. The molecule has 11 heteroatoms. The molecular formula is C32H42F2N4O5. The maximum Gasteiger partial charge on any atom is 0.408 e. The molecule has 2 aromatic rings. The molecule has 1 aromatic carbocycles. The first kappa shape index (κ1) is 31.1. The molecule has 43 heavy (non-hydrogen) atoms. The van der Waals surface area contributed by atoms with Gasteiger partial charge >= 0.3 is 6.09 Å². The van der Waals surface area contributed by atoms with Crippen LogP contribution in [0.1, 0.15) is 85.8 Å². The van der Waals surface area contributed by atoms with Gasteiger partial charge in [0.05, 0.1) is 23.6 Å². The summed E-state index contributed by atoms with van der Waals surface area (Å²) in [6.07, 6.45) is 0.502. The summed E-state index contributed by atoms with van der Waals surface area (Å²) < 4.78 is 43.8. The first-order valence-electron chi connectivity index (χ1n) is 15.3. The minimum absolute atomic E-state index is 0.0375. The molecule has 2 aliphatic heterocycles. The summed E-state index contributed by atoms with van der Waals surface area (Å²) in [6, 6.07) is 4.91. The average Bonchev–Trinajstić information content (AvgIpc) is 3.40. The molecule has 3 heterocycles. The number of alkyl carbamates (subject to hydrolysis) is 1. The van der Waals surface area contributed by atoms with Crippen LogP contribution in [0.5, 0.6) is 5.88 Å². The fourth-order valence-corrected chi connectivity index (χ4v) is 6.68. The average molecular weight is 601 g/mol. The SMILES string of the molecule is CC[C@@H]1[C@@H]2CN(C(=O)[C@H](C(C)(C)C)NC(=O)O[C@]3(C)C[C@H]3CCCCC(F)(F)c3nc4ccccc4nc3O2)[C@@H]1C(C)=O. The highest BCUT2D eigenvalue weighted by molar-refractivity contribution is 5.92. The number of carbonyl (C=O) groups is 3. The van der Waals surface area contributed by atoms with Crippen LogP contribution < -0.4 is 10.1 Å². The lowest BCUT2D eigenvalue weighted by molar-refractivity contribution is -0.141. The van der Waals surface area contributed by atoms with Gasteiger partial charge in [-0.05, 0) is 57.1 Å². The van der Waals surface area contributed by atoms with Crippen LogP contribution in [0.15, 0.2) is 24.3 Å². The number of ether oxygens (including phenoxy) is 2. The van der Waals surface area contributed by atoms with Crippen LogP contribution in [-0.4, -0.2) is 63.0 Å². The molecule has 9 nitrogen and oxygen atoms in total. The Morgan fingerprint density at radius 2 is 1.81 bits per heavy atom. The van der Waals surface area contributed by atoms with Crippen LogP contribution in [0, 0.1) is 17.3 Å². The highest BCUT2D eigenvalue weighted by Crippen LogP contribution is 2.50. The summed E-state index contributed by atoms with van der Waals surface area (Å²) in [5.74, 6) is -4.76. The standard InChI is InChI=1S/C32H42F2N4O5/c1-7-20-23-17-38(24(20)18(2)39)28(40)26(30(3,4)5)37-29(41)43-31(6)16-19(31)12-10-11-15-32(33,34)25-27(42-23)36-22-14-9-8-13-21(22)35-25/h8-9,13-14,19-20,23-24,26H,7,10-12,15-17H2,1-6H3,(H,37,41)/t19-,20-,23+,24-,26-,31-/m1/s1. The van der Waals surface area contributed by atoms with Crippen LogP contribution in [0.25, 0.3) is 11.0 Å². The monoisotopic (exact) mass is 600 g/mol. The second-order valence-electron chi connectivity index (χ2n) is 13.6. The third-order valence-corrected chi connectivity index (χ3v) is 9.26. The summed E-state index contributed by atoms with van der Waals surface area (Å²) in [4.78, 5) is 50.5. The minimum atomic E-state index is -3.33. The van der Waals surface area contributed by atoms with E-state index in [0.29, 0.717) is 36.7 Å². The fourth-order valence-electron chi connectivity index (χ4n) is 6.68.